The Morgan fingerprint density at radius 2 is 1.85 bits per heavy atom. The van der Waals surface area contributed by atoms with Crippen molar-refractivity contribution in [1.82, 2.24) is 4.31 Å². The topological polar surface area (TPSA) is 89.7 Å². The number of carbonyl (C=O) groups is 1. The van der Waals surface area contributed by atoms with Gasteiger partial charge in [-0.15, -0.1) is 0 Å². The van der Waals surface area contributed by atoms with E-state index in [9.17, 15) is 17.6 Å². The van der Waals surface area contributed by atoms with E-state index in [1.54, 1.807) is 19.9 Å². The van der Waals surface area contributed by atoms with Crippen molar-refractivity contribution in [3.8, 4) is 5.75 Å². The molecule has 1 unspecified atom stereocenters. The van der Waals surface area contributed by atoms with Crippen LogP contribution in [0.25, 0.3) is 0 Å². The van der Waals surface area contributed by atoms with Crippen LogP contribution in [0.5, 0.6) is 5.75 Å². The van der Waals surface area contributed by atoms with E-state index >= 15 is 0 Å². The highest BCUT2D eigenvalue weighted by atomic mass is 32.2. The van der Waals surface area contributed by atoms with E-state index in [4.69, 9.17) is 10.5 Å². The van der Waals surface area contributed by atoms with Crippen LogP contribution in [0, 0.1) is 19.7 Å². The molecule has 2 aromatic carbocycles. The molecule has 0 bridgehead atoms. The predicted molar refractivity (Wildman–Crippen MR) is 95.8 cm³/mol. The van der Waals surface area contributed by atoms with Crippen LogP contribution in [-0.2, 0) is 14.8 Å². The molecule has 2 aromatic rings. The van der Waals surface area contributed by atoms with E-state index in [0.717, 1.165) is 10.4 Å². The fraction of sp³-hybridized carbons (Fsp3) is 0.278. The molecule has 0 aliphatic rings. The molecule has 0 aliphatic carbocycles. The summed E-state index contributed by atoms with van der Waals surface area (Å²) in [5, 5.41) is 0. The number of carbonyl (C=O) groups excluding carboxylic acids is 1. The zero-order valence-corrected chi connectivity index (χ0v) is 15.8. The summed E-state index contributed by atoms with van der Waals surface area (Å²) in [6.07, 6.45) is 0. The second-order valence-electron chi connectivity index (χ2n) is 5.90. The van der Waals surface area contributed by atoms with Crippen LogP contribution in [0.3, 0.4) is 0 Å². The third kappa shape index (κ3) is 3.56. The quantitative estimate of drug-likeness (QED) is 0.833. The lowest BCUT2D eigenvalue weighted by Gasteiger charge is -2.26. The van der Waals surface area contributed by atoms with Crippen LogP contribution < -0.4 is 10.5 Å². The number of nitrogens with zero attached hydrogens (tertiary/aromatic N) is 1. The maximum atomic E-state index is 13.5. The molecular weight excluding hydrogens is 359 g/mol. The Labute approximate surface area is 152 Å². The molecule has 0 saturated carbocycles. The lowest BCUT2D eigenvalue weighted by atomic mass is 10.1. The molecule has 0 heterocycles. The first-order valence-corrected chi connectivity index (χ1v) is 9.22. The van der Waals surface area contributed by atoms with Gasteiger partial charge in [0.15, 0.2) is 0 Å². The van der Waals surface area contributed by atoms with Crippen molar-refractivity contribution >= 4 is 15.9 Å². The van der Waals surface area contributed by atoms with Crippen molar-refractivity contribution in [3.05, 3.63) is 58.9 Å². The third-order valence-electron chi connectivity index (χ3n) is 4.36. The normalized spacial score (nSPS) is 12.8. The van der Waals surface area contributed by atoms with Gasteiger partial charge in [0.1, 0.15) is 17.6 Å². The first kappa shape index (κ1) is 19.9. The molecule has 0 aliphatic heterocycles. The lowest BCUT2D eigenvalue weighted by Crippen LogP contribution is -2.39. The number of nitrogens with two attached hydrogens (primary N) is 1. The van der Waals surface area contributed by atoms with Crippen LogP contribution >= 0.6 is 0 Å². The van der Waals surface area contributed by atoms with Gasteiger partial charge < -0.3 is 10.5 Å². The molecule has 8 heteroatoms. The molecule has 1 atom stereocenters. The molecule has 6 nitrogen and oxygen atoms in total. The summed E-state index contributed by atoms with van der Waals surface area (Å²) in [6, 6.07) is 6.76. The van der Waals surface area contributed by atoms with Gasteiger partial charge in [-0.05, 0) is 54.8 Å². The Kier molecular flexibility index (Phi) is 5.68. The van der Waals surface area contributed by atoms with E-state index in [-0.39, 0.29) is 10.5 Å². The van der Waals surface area contributed by atoms with Gasteiger partial charge in [0.2, 0.25) is 15.9 Å². The SMILES string of the molecule is COc1ccc(S(=O)(=O)N(C)C(C(N)=O)c2cccc(F)c2)c(C)c1C. The number of benzene rings is 2. The Bertz CT molecular complexity index is 944. The van der Waals surface area contributed by atoms with E-state index in [1.165, 1.54) is 38.4 Å². The molecule has 2 N–H and O–H groups in total. The number of rotatable bonds is 6. The number of methoxy groups -OCH3 is 1. The Balaban J connectivity index is 2.57. The number of primary amides is 1. The van der Waals surface area contributed by atoms with E-state index in [2.05, 4.69) is 0 Å². The molecule has 0 radical (unpaired) electrons. The summed E-state index contributed by atoms with van der Waals surface area (Å²) < 4.78 is 45.8. The van der Waals surface area contributed by atoms with Gasteiger partial charge in [-0.2, -0.15) is 4.31 Å². The fourth-order valence-electron chi connectivity index (χ4n) is 2.80. The Morgan fingerprint density at radius 3 is 2.38 bits per heavy atom. The number of sulfonamides is 1. The first-order chi connectivity index (χ1) is 12.1. The number of halogens is 1. The summed E-state index contributed by atoms with van der Waals surface area (Å²) in [4.78, 5) is 12.0. The fourth-order valence-corrected chi connectivity index (χ4v) is 4.39. The number of amides is 1. The zero-order chi connectivity index (χ0) is 19.6. The van der Waals surface area contributed by atoms with Gasteiger partial charge in [0.25, 0.3) is 0 Å². The monoisotopic (exact) mass is 380 g/mol. The summed E-state index contributed by atoms with van der Waals surface area (Å²) in [5.74, 6) is -0.929. The summed E-state index contributed by atoms with van der Waals surface area (Å²) in [6.45, 7) is 3.39. The van der Waals surface area contributed by atoms with Crippen LogP contribution in [0.1, 0.15) is 22.7 Å². The number of likely N-dealkylation sites (N-methyl/N-ethyl adjacent to an activating group) is 1. The van der Waals surface area contributed by atoms with E-state index in [1.807, 2.05) is 0 Å². The van der Waals surface area contributed by atoms with Gasteiger partial charge in [0, 0.05) is 7.05 Å². The van der Waals surface area contributed by atoms with Gasteiger partial charge >= 0.3 is 0 Å². The lowest BCUT2D eigenvalue weighted by molar-refractivity contribution is -0.121. The van der Waals surface area contributed by atoms with Crippen molar-refractivity contribution in [3.63, 3.8) is 0 Å². The molecule has 0 spiro atoms. The second-order valence-corrected chi connectivity index (χ2v) is 7.86. The van der Waals surface area contributed by atoms with Crippen molar-refractivity contribution in [2.45, 2.75) is 24.8 Å². The Morgan fingerprint density at radius 1 is 1.19 bits per heavy atom. The predicted octanol–water partition coefficient (Wildman–Crippen LogP) is 2.30. The van der Waals surface area contributed by atoms with Crippen molar-refractivity contribution in [2.75, 3.05) is 14.2 Å². The number of ether oxygens (including phenoxy) is 1. The maximum absolute atomic E-state index is 13.5. The van der Waals surface area contributed by atoms with Gasteiger partial charge in [-0.25, -0.2) is 12.8 Å². The maximum Gasteiger partial charge on any atom is 0.244 e. The van der Waals surface area contributed by atoms with Gasteiger partial charge in [0.05, 0.1) is 12.0 Å². The van der Waals surface area contributed by atoms with Crippen LogP contribution in [0.4, 0.5) is 4.39 Å². The smallest absolute Gasteiger partial charge is 0.244 e. The zero-order valence-electron chi connectivity index (χ0n) is 15.0. The average Bonchev–Trinajstić information content (AvgIpc) is 2.56. The molecule has 1 amide bonds. The highest BCUT2D eigenvalue weighted by Crippen LogP contribution is 2.32. The molecule has 0 saturated heterocycles. The molecule has 0 aromatic heterocycles. The van der Waals surface area contributed by atoms with Crippen molar-refractivity contribution in [2.24, 2.45) is 5.73 Å². The minimum atomic E-state index is -4.07. The molecular formula is C18H21FN2O4S. The van der Waals surface area contributed by atoms with Crippen LogP contribution in [0.2, 0.25) is 0 Å². The first-order valence-electron chi connectivity index (χ1n) is 7.78. The van der Waals surface area contributed by atoms with Crippen molar-refractivity contribution in [1.29, 1.82) is 0 Å². The largest absolute Gasteiger partial charge is 0.496 e. The van der Waals surface area contributed by atoms with E-state index < -0.39 is 27.8 Å². The molecule has 0 fully saturated rings. The van der Waals surface area contributed by atoms with E-state index in [0.29, 0.717) is 16.9 Å². The Hall–Kier alpha value is -2.45. The number of hydrogen-bond donors (Lipinski definition) is 1. The minimum Gasteiger partial charge on any atom is -0.496 e. The van der Waals surface area contributed by atoms with Crippen molar-refractivity contribution < 1.29 is 22.3 Å². The highest BCUT2D eigenvalue weighted by molar-refractivity contribution is 7.89. The van der Waals surface area contributed by atoms with Crippen LogP contribution in [-0.4, -0.2) is 32.8 Å². The van der Waals surface area contributed by atoms with Gasteiger partial charge in [-0.1, -0.05) is 12.1 Å². The van der Waals surface area contributed by atoms with Gasteiger partial charge in [-0.3, -0.25) is 4.79 Å². The highest BCUT2D eigenvalue weighted by Gasteiger charge is 2.34. The van der Waals surface area contributed by atoms with Crippen LogP contribution in [0.15, 0.2) is 41.3 Å². The second kappa shape index (κ2) is 7.43. The summed E-state index contributed by atoms with van der Waals surface area (Å²) in [5.41, 5.74) is 6.75. The summed E-state index contributed by atoms with van der Waals surface area (Å²) in [7, 11) is -1.33. The summed E-state index contributed by atoms with van der Waals surface area (Å²) >= 11 is 0. The molecule has 2 rings (SSSR count). The average molecular weight is 380 g/mol. The number of hydrogen-bond acceptors (Lipinski definition) is 4. The minimum absolute atomic E-state index is 0.0287. The molecule has 140 valence electrons. The third-order valence-corrected chi connectivity index (χ3v) is 6.33. The standard InChI is InChI=1S/C18H21FN2O4S/c1-11-12(2)16(9-8-15(11)25-4)26(23,24)21(3)17(18(20)22)13-6-5-7-14(19)10-13/h5-10,17H,1-4H3,(H2,20,22). The molecule has 26 heavy (non-hydrogen) atoms.